The van der Waals surface area contributed by atoms with Crippen LogP contribution in [0.1, 0.15) is 24.8 Å². The van der Waals surface area contributed by atoms with E-state index in [2.05, 4.69) is 0 Å². The summed E-state index contributed by atoms with van der Waals surface area (Å²) in [4.78, 5) is 12.3. The lowest BCUT2D eigenvalue weighted by molar-refractivity contribution is -0.120. The molecule has 2 heteroatoms. The van der Waals surface area contributed by atoms with Crippen LogP contribution in [0.4, 0.5) is 4.39 Å². The maximum atomic E-state index is 13.5. The van der Waals surface area contributed by atoms with E-state index in [0.717, 1.165) is 11.8 Å². The van der Waals surface area contributed by atoms with E-state index in [-0.39, 0.29) is 17.5 Å². The van der Waals surface area contributed by atoms with E-state index in [1.165, 1.54) is 25.3 Å². The Labute approximate surface area is 106 Å². The smallest absolute Gasteiger partial charge is 0.141 e. The van der Waals surface area contributed by atoms with Gasteiger partial charge in [0.25, 0.3) is 0 Å². The van der Waals surface area contributed by atoms with E-state index in [1.54, 1.807) is 12.1 Å². The van der Waals surface area contributed by atoms with E-state index < -0.39 is 0 Å². The van der Waals surface area contributed by atoms with Gasteiger partial charge in [0.1, 0.15) is 11.6 Å². The molecule has 4 unspecified atom stereocenters. The third-order valence-corrected chi connectivity index (χ3v) is 5.43. The van der Waals surface area contributed by atoms with Crippen molar-refractivity contribution in [1.29, 1.82) is 0 Å². The Balaban J connectivity index is 1.48. The molecule has 0 radical (unpaired) electrons. The molecule has 0 aromatic heterocycles. The zero-order valence-corrected chi connectivity index (χ0v) is 10.3. The first-order valence-electron chi connectivity index (χ1n) is 7.02. The number of fused-ring (bicyclic) bond motifs is 5. The molecule has 4 rings (SSSR count). The summed E-state index contributed by atoms with van der Waals surface area (Å²) in [6.07, 6.45) is 4.31. The largest absolute Gasteiger partial charge is 0.299 e. The first-order valence-corrected chi connectivity index (χ1v) is 7.02. The van der Waals surface area contributed by atoms with E-state index in [0.29, 0.717) is 23.8 Å². The number of Topliss-reactive ketones (excluding diaryl/α,β-unsaturated/α-hetero) is 1. The Morgan fingerprint density at radius 1 is 1.17 bits per heavy atom. The van der Waals surface area contributed by atoms with E-state index in [4.69, 9.17) is 0 Å². The van der Waals surface area contributed by atoms with E-state index in [1.807, 2.05) is 6.07 Å². The van der Waals surface area contributed by atoms with Gasteiger partial charge in [-0.15, -0.1) is 0 Å². The summed E-state index contributed by atoms with van der Waals surface area (Å²) in [6, 6.07) is 6.67. The van der Waals surface area contributed by atoms with Gasteiger partial charge in [-0.2, -0.15) is 0 Å². The molecule has 3 aliphatic rings. The van der Waals surface area contributed by atoms with E-state index >= 15 is 0 Å². The highest BCUT2D eigenvalue weighted by atomic mass is 19.1. The van der Waals surface area contributed by atoms with Gasteiger partial charge < -0.3 is 0 Å². The Morgan fingerprint density at radius 2 is 1.83 bits per heavy atom. The quantitative estimate of drug-likeness (QED) is 0.797. The fourth-order valence-corrected chi connectivity index (χ4v) is 4.70. The second kappa shape index (κ2) is 3.66. The molecule has 3 aliphatic carbocycles. The van der Waals surface area contributed by atoms with Gasteiger partial charge in [-0.3, -0.25) is 4.79 Å². The van der Waals surface area contributed by atoms with E-state index in [9.17, 15) is 9.18 Å². The molecule has 3 fully saturated rings. The summed E-state index contributed by atoms with van der Waals surface area (Å²) < 4.78 is 13.5. The van der Waals surface area contributed by atoms with Crippen molar-refractivity contribution in [2.45, 2.75) is 25.7 Å². The molecule has 1 aromatic rings. The zero-order chi connectivity index (χ0) is 12.3. The Hall–Kier alpha value is -1.18. The lowest BCUT2D eigenvalue weighted by Crippen LogP contribution is -2.13. The second-order valence-electron chi connectivity index (χ2n) is 6.25. The summed E-state index contributed by atoms with van der Waals surface area (Å²) in [7, 11) is 0. The topological polar surface area (TPSA) is 17.1 Å². The van der Waals surface area contributed by atoms with Crippen LogP contribution in [-0.2, 0) is 11.2 Å². The lowest BCUT2D eigenvalue weighted by atomic mass is 9.96. The minimum atomic E-state index is -0.236. The molecule has 94 valence electrons. The predicted molar refractivity (Wildman–Crippen MR) is 66.4 cm³/mol. The summed E-state index contributed by atoms with van der Waals surface area (Å²) >= 11 is 0. The monoisotopic (exact) mass is 244 g/mol. The number of benzene rings is 1. The Morgan fingerprint density at radius 3 is 2.50 bits per heavy atom. The van der Waals surface area contributed by atoms with Crippen LogP contribution < -0.4 is 0 Å². The number of carbonyl (C=O) groups is 1. The van der Waals surface area contributed by atoms with Crippen molar-refractivity contribution in [3.8, 4) is 0 Å². The van der Waals surface area contributed by atoms with Crippen molar-refractivity contribution < 1.29 is 9.18 Å². The molecule has 1 aromatic carbocycles. The number of rotatable bonds is 3. The van der Waals surface area contributed by atoms with Gasteiger partial charge in [0, 0.05) is 12.3 Å². The van der Waals surface area contributed by atoms with Crippen molar-refractivity contribution in [2.75, 3.05) is 0 Å². The summed E-state index contributed by atoms with van der Waals surface area (Å²) in [5, 5.41) is 0. The number of ketones is 1. The van der Waals surface area contributed by atoms with Gasteiger partial charge in [0.15, 0.2) is 0 Å². The highest BCUT2D eigenvalue weighted by Gasteiger charge is 2.66. The van der Waals surface area contributed by atoms with Crippen LogP contribution in [0.5, 0.6) is 0 Å². The Bertz CT molecular complexity index is 494. The van der Waals surface area contributed by atoms with Crippen LogP contribution in [0.3, 0.4) is 0 Å². The van der Waals surface area contributed by atoms with Crippen LogP contribution in [0.25, 0.3) is 0 Å². The third kappa shape index (κ3) is 1.41. The standard InChI is InChI=1S/C16H17FO/c17-12-4-2-1-3-9(12)8-13(18)16-14-10-5-6-11(7-10)15(14)16/h1-4,10-11,14-16H,5-8H2. The normalized spacial score (nSPS) is 39.7. The van der Waals surface area contributed by atoms with Crippen LogP contribution in [0.2, 0.25) is 0 Å². The summed E-state index contributed by atoms with van der Waals surface area (Å²) in [5.74, 6) is 3.29. The third-order valence-electron chi connectivity index (χ3n) is 5.43. The molecule has 0 amide bonds. The molecule has 4 atom stereocenters. The fraction of sp³-hybridized carbons (Fsp3) is 0.562. The van der Waals surface area contributed by atoms with Gasteiger partial charge >= 0.3 is 0 Å². The minimum Gasteiger partial charge on any atom is -0.299 e. The minimum absolute atomic E-state index is 0.236. The van der Waals surface area contributed by atoms with Gasteiger partial charge in [-0.25, -0.2) is 4.39 Å². The van der Waals surface area contributed by atoms with Crippen molar-refractivity contribution in [3.63, 3.8) is 0 Å². The number of halogens is 1. The van der Waals surface area contributed by atoms with Gasteiger partial charge in [-0.05, 0) is 54.6 Å². The zero-order valence-electron chi connectivity index (χ0n) is 10.3. The molecular weight excluding hydrogens is 227 g/mol. The molecular formula is C16H17FO. The number of hydrogen-bond donors (Lipinski definition) is 0. The van der Waals surface area contributed by atoms with Crippen molar-refractivity contribution in [3.05, 3.63) is 35.6 Å². The fourth-order valence-electron chi connectivity index (χ4n) is 4.70. The predicted octanol–water partition coefficient (Wildman–Crippen LogP) is 3.23. The molecule has 3 saturated carbocycles. The molecule has 0 spiro atoms. The second-order valence-corrected chi connectivity index (χ2v) is 6.25. The van der Waals surface area contributed by atoms with Gasteiger partial charge in [0.2, 0.25) is 0 Å². The molecule has 18 heavy (non-hydrogen) atoms. The number of hydrogen-bond acceptors (Lipinski definition) is 1. The summed E-state index contributed by atoms with van der Waals surface area (Å²) in [6.45, 7) is 0. The first-order chi connectivity index (χ1) is 8.75. The van der Waals surface area contributed by atoms with Gasteiger partial charge in [-0.1, -0.05) is 18.2 Å². The average Bonchev–Trinajstić information content (AvgIpc) is 2.82. The highest BCUT2D eigenvalue weighted by molar-refractivity contribution is 5.86. The van der Waals surface area contributed by atoms with Crippen LogP contribution in [-0.4, -0.2) is 5.78 Å². The number of carbonyl (C=O) groups excluding carboxylic acids is 1. The molecule has 1 nitrogen and oxygen atoms in total. The first kappa shape index (κ1) is 10.7. The van der Waals surface area contributed by atoms with Crippen molar-refractivity contribution in [2.24, 2.45) is 29.6 Å². The highest BCUT2D eigenvalue weighted by Crippen LogP contribution is 2.69. The van der Waals surface area contributed by atoms with Crippen LogP contribution in [0, 0.1) is 35.4 Å². The molecule has 0 aliphatic heterocycles. The van der Waals surface area contributed by atoms with Crippen LogP contribution >= 0.6 is 0 Å². The maximum absolute atomic E-state index is 13.5. The molecule has 0 saturated heterocycles. The van der Waals surface area contributed by atoms with Crippen LogP contribution in [0.15, 0.2) is 24.3 Å². The summed E-state index contributed by atoms with van der Waals surface area (Å²) in [5.41, 5.74) is 0.569. The SMILES string of the molecule is O=C(Cc1ccccc1F)C1C2C3CCC(C3)C12. The van der Waals surface area contributed by atoms with Crippen molar-refractivity contribution >= 4 is 5.78 Å². The lowest BCUT2D eigenvalue weighted by Gasteiger charge is -2.08. The molecule has 0 heterocycles. The average molecular weight is 244 g/mol. The van der Waals surface area contributed by atoms with Gasteiger partial charge in [0.05, 0.1) is 0 Å². The maximum Gasteiger partial charge on any atom is 0.141 e. The van der Waals surface area contributed by atoms with Crippen molar-refractivity contribution in [1.82, 2.24) is 0 Å². The molecule has 0 N–H and O–H groups in total. The molecule has 2 bridgehead atoms. The Kier molecular flexibility index (Phi) is 2.18.